The SMILES string of the molecule is CCCCCCCCCCCCOCCOCCOCCOP(=O)(O)O. The van der Waals surface area contributed by atoms with Gasteiger partial charge < -0.3 is 24.0 Å². The lowest BCUT2D eigenvalue weighted by molar-refractivity contribution is 0.00702. The lowest BCUT2D eigenvalue weighted by atomic mass is 10.1. The molecule has 2 N–H and O–H groups in total. The summed E-state index contributed by atoms with van der Waals surface area (Å²) in [4.78, 5) is 16.9. The van der Waals surface area contributed by atoms with Crippen molar-refractivity contribution in [1.29, 1.82) is 0 Å². The summed E-state index contributed by atoms with van der Waals surface area (Å²) in [5, 5.41) is 0. The van der Waals surface area contributed by atoms with Gasteiger partial charge in [0.15, 0.2) is 0 Å². The van der Waals surface area contributed by atoms with E-state index in [1.807, 2.05) is 0 Å². The van der Waals surface area contributed by atoms with E-state index >= 15 is 0 Å². The summed E-state index contributed by atoms with van der Waals surface area (Å²) in [6.07, 6.45) is 13.2. The zero-order valence-corrected chi connectivity index (χ0v) is 17.3. The van der Waals surface area contributed by atoms with Gasteiger partial charge in [0.05, 0.1) is 39.6 Å². The Balaban J connectivity index is 3.02. The van der Waals surface area contributed by atoms with Crippen LogP contribution in [0.1, 0.15) is 71.1 Å². The van der Waals surface area contributed by atoms with Crippen molar-refractivity contribution in [3.8, 4) is 0 Å². The van der Waals surface area contributed by atoms with Gasteiger partial charge in [-0.15, -0.1) is 0 Å². The fourth-order valence-electron chi connectivity index (χ4n) is 2.45. The van der Waals surface area contributed by atoms with Gasteiger partial charge in [-0.25, -0.2) is 4.57 Å². The maximum absolute atomic E-state index is 10.4. The first-order valence-electron chi connectivity index (χ1n) is 9.99. The molecule has 0 aromatic carbocycles. The molecular formula is C18H39O7P. The maximum atomic E-state index is 10.4. The molecule has 0 aliphatic carbocycles. The number of rotatable bonds is 21. The third-order valence-corrected chi connectivity index (χ3v) is 4.39. The Morgan fingerprint density at radius 2 is 0.962 bits per heavy atom. The first-order chi connectivity index (χ1) is 12.6. The number of phosphoric ester groups is 1. The number of phosphoric acid groups is 1. The van der Waals surface area contributed by atoms with Crippen LogP contribution in [0.5, 0.6) is 0 Å². The van der Waals surface area contributed by atoms with Crippen LogP contribution in [0, 0.1) is 0 Å². The summed E-state index contributed by atoms with van der Waals surface area (Å²) >= 11 is 0. The van der Waals surface area contributed by atoms with E-state index in [4.69, 9.17) is 24.0 Å². The molecule has 0 aromatic heterocycles. The molecule has 0 amide bonds. The number of hydrogen-bond donors (Lipinski definition) is 2. The molecule has 0 spiro atoms. The molecule has 0 saturated heterocycles. The predicted molar refractivity (Wildman–Crippen MR) is 102 cm³/mol. The molecule has 0 atom stereocenters. The average molecular weight is 398 g/mol. The molecule has 0 bridgehead atoms. The topological polar surface area (TPSA) is 94.5 Å². The van der Waals surface area contributed by atoms with E-state index in [9.17, 15) is 4.57 Å². The highest BCUT2D eigenvalue weighted by molar-refractivity contribution is 7.46. The van der Waals surface area contributed by atoms with Crippen molar-refractivity contribution in [2.75, 3.05) is 46.2 Å². The van der Waals surface area contributed by atoms with E-state index in [2.05, 4.69) is 11.4 Å². The zero-order chi connectivity index (χ0) is 19.3. The van der Waals surface area contributed by atoms with E-state index in [1.165, 1.54) is 57.8 Å². The Kier molecular flexibility index (Phi) is 19.7. The molecule has 0 unspecified atom stereocenters. The first-order valence-corrected chi connectivity index (χ1v) is 11.5. The number of ether oxygens (including phenoxy) is 3. The summed E-state index contributed by atoms with van der Waals surface area (Å²) in [5.41, 5.74) is 0. The second-order valence-electron chi connectivity index (χ2n) is 6.34. The fourth-order valence-corrected chi connectivity index (χ4v) is 2.76. The lowest BCUT2D eigenvalue weighted by Gasteiger charge is -2.08. The van der Waals surface area contributed by atoms with Gasteiger partial charge in [0, 0.05) is 6.61 Å². The van der Waals surface area contributed by atoms with Gasteiger partial charge in [-0.3, -0.25) is 4.52 Å². The minimum atomic E-state index is -4.39. The Hall–Kier alpha value is -0.0100. The highest BCUT2D eigenvalue weighted by Gasteiger charge is 2.12. The molecule has 158 valence electrons. The van der Waals surface area contributed by atoms with Gasteiger partial charge >= 0.3 is 7.82 Å². The van der Waals surface area contributed by atoms with Gasteiger partial charge in [0.1, 0.15) is 0 Å². The molecule has 8 heteroatoms. The Labute approximate surface area is 159 Å². The largest absolute Gasteiger partial charge is 0.469 e. The first kappa shape index (κ1) is 26.0. The summed E-state index contributed by atoms with van der Waals surface area (Å²) in [6, 6.07) is 0. The van der Waals surface area contributed by atoms with Crippen LogP contribution in [0.2, 0.25) is 0 Å². The molecule has 0 aliphatic rings. The number of hydrogen-bond acceptors (Lipinski definition) is 5. The second kappa shape index (κ2) is 19.7. The van der Waals surface area contributed by atoms with Crippen LogP contribution in [-0.4, -0.2) is 56.0 Å². The van der Waals surface area contributed by atoms with E-state index in [1.54, 1.807) is 0 Å². The fraction of sp³-hybridized carbons (Fsp3) is 1.00. The van der Waals surface area contributed by atoms with Crippen LogP contribution in [0.25, 0.3) is 0 Å². The van der Waals surface area contributed by atoms with Crippen molar-refractivity contribution in [2.45, 2.75) is 71.1 Å². The van der Waals surface area contributed by atoms with E-state index in [0.29, 0.717) is 26.4 Å². The van der Waals surface area contributed by atoms with Crippen molar-refractivity contribution in [2.24, 2.45) is 0 Å². The minimum Gasteiger partial charge on any atom is -0.379 e. The molecule has 0 fully saturated rings. The monoisotopic (exact) mass is 398 g/mol. The van der Waals surface area contributed by atoms with Gasteiger partial charge in [0.25, 0.3) is 0 Å². The van der Waals surface area contributed by atoms with Crippen LogP contribution >= 0.6 is 7.82 Å². The van der Waals surface area contributed by atoms with Crippen molar-refractivity contribution in [1.82, 2.24) is 0 Å². The Morgan fingerprint density at radius 1 is 0.577 bits per heavy atom. The molecule has 0 aromatic rings. The molecule has 0 aliphatic heterocycles. The van der Waals surface area contributed by atoms with Crippen molar-refractivity contribution in [3.63, 3.8) is 0 Å². The zero-order valence-electron chi connectivity index (χ0n) is 16.4. The highest BCUT2D eigenvalue weighted by atomic mass is 31.2. The second-order valence-corrected chi connectivity index (χ2v) is 7.58. The standard InChI is InChI=1S/C18H39O7P/c1-2-3-4-5-6-7-8-9-10-11-12-22-13-14-23-15-16-24-17-18-25-26(19,20)21/h2-18H2,1H3,(H2,19,20,21). The third-order valence-electron chi connectivity index (χ3n) is 3.87. The Morgan fingerprint density at radius 3 is 1.42 bits per heavy atom. The van der Waals surface area contributed by atoms with Gasteiger partial charge in [-0.2, -0.15) is 0 Å². The quantitative estimate of drug-likeness (QED) is 0.222. The molecule has 7 nitrogen and oxygen atoms in total. The summed E-state index contributed by atoms with van der Waals surface area (Å²) < 4.78 is 30.6. The summed E-state index contributed by atoms with van der Waals surface area (Å²) in [5.74, 6) is 0. The third kappa shape index (κ3) is 24.0. The average Bonchev–Trinajstić information content (AvgIpc) is 2.59. The van der Waals surface area contributed by atoms with Crippen LogP contribution < -0.4 is 0 Å². The molecule has 0 radical (unpaired) electrons. The molecule has 0 saturated carbocycles. The van der Waals surface area contributed by atoms with Crippen LogP contribution in [-0.2, 0) is 23.3 Å². The molecular weight excluding hydrogens is 359 g/mol. The van der Waals surface area contributed by atoms with Crippen LogP contribution in [0.4, 0.5) is 0 Å². The number of unbranched alkanes of at least 4 members (excludes halogenated alkanes) is 9. The lowest BCUT2D eigenvalue weighted by Crippen LogP contribution is -2.11. The van der Waals surface area contributed by atoms with Gasteiger partial charge in [-0.1, -0.05) is 64.7 Å². The summed E-state index contributed by atoms with van der Waals surface area (Å²) in [7, 11) is -4.39. The Bertz CT molecular complexity index is 323. The normalized spacial score (nSPS) is 12.0. The highest BCUT2D eigenvalue weighted by Crippen LogP contribution is 2.35. The summed E-state index contributed by atoms with van der Waals surface area (Å²) in [6.45, 7) is 4.94. The van der Waals surface area contributed by atoms with E-state index in [0.717, 1.165) is 13.0 Å². The minimum absolute atomic E-state index is 0.129. The van der Waals surface area contributed by atoms with Crippen LogP contribution in [0.3, 0.4) is 0 Å². The predicted octanol–water partition coefficient (Wildman–Crippen LogP) is 4.07. The van der Waals surface area contributed by atoms with Crippen molar-refractivity contribution in [3.05, 3.63) is 0 Å². The molecule has 0 rings (SSSR count). The van der Waals surface area contributed by atoms with Gasteiger partial charge in [-0.05, 0) is 6.42 Å². The van der Waals surface area contributed by atoms with E-state index in [-0.39, 0.29) is 13.2 Å². The van der Waals surface area contributed by atoms with Gasteiger partial charge in [0.2, 0.25) is 0 Å². The van der Waals surface area contributed by atoms with Crippen LogP contribution in [0.15, 0.2) is 0 Å². The van der Waals surface area contributed by atoms with Crippen molar-refractivity contribution < 1.29 is 33.1 Å². The van der Waals surface area contributed by atoms with Crippen molar-refractivity contribution >= 4 is 7.82 Å². The smallest absolute Gasteiger partial charge is 0.379 e. The molecule has 0 heterocycles. The van der Waals surface area contributed by atoms with E-state index < -0.39 is 7.82 Å². The molecule has 26 heavy (non-hydrogen) atoms. The maximum Gasteiger partial charge on any atom is 0.469 e.